The van der Waals surface area contributed by atoms with Gasteiger partial charge < -0.3 is 14.0 Å². The first-order valence-corrected chi connectivity index (χ1v) is 21.9. The Morgan fingerprint density at radius 3 is 1.27 bits per heavy atom. The van der Waals surface area contributed by atoms with Crippen LogP contribution in [0.15, 0.2) is 200 Å². The second kappa shape index (κ2) is 13.2. The average molecular weight is 794 g/mol. The van der Waals surface area contributed by atoms with Gasteiger partial charge >= 0.3 is 0 Å². The summed E-state index contributed by atoms with van der Waals surface area (Å²) < 4.78 is 5.05. The van der Waals surface area contributed by atoms with Crippen molar-refractivity contribution in [2.45, 2.75) is 25.7 Å². The van der Waals surface area contributed by atoms with E-state index in [2.05, 4.69) is 228 Å². The van der Waals surface area contributed by atoms with Gasteiger partial charge in [-0.3, -0.25) is 0 Å². The van der Waals surface area contributed by atoms with E-state index in [0.29, 0.717) is 0 Å². The lowest BCUT2D eigenvalue weighted by Gasteiger charge is -2.41. The number of benzene rings is 9. The van der Waals surface area contributed by atoms with E-state index in [9.17, 15) is 0 Å². The van der Waals surface area contributed by atoms with Crippen LogP contribution in [0, 0.1) is 0 Å². The zero-order chi connectivity index (χ0) is 41.1. The van der Waals surface area contributed by atoms with Crippen molar-refractivity contribution in [2.75, 3.05) is 11.4 Å². The Labute approximate surface area is 361 Å². The molecule has 0 N–H and O–H groups in total. The smallest absolute Gasteiger partial charge is 0.0547 e. The van der Waals surface area contributed by atoms with Crippen molar-refractivity contribution in [3.8, 4) is 55.9 Å². The number of hydrogen-bond acceptors (Lipinski definition) is 1. The molecular weight excluding hydrogens is 751 g/mol. The molecule has 0 fully saturated rings. The van der Waals surface area contributed by atoms with Crippen LogP contribution in [0.25, 0.3) is 99.5 Å². The molecule has 3 heteroatoms. The maximum absolute atomic E-state index is 2.56. The van der Waals surface area contributed by atoms with Crippen molar-refractivity contribution >= 4 is 55.0 Å². The molecule has 11 aromatic rings. The molecule has 0 unspecified atom stereocenters. The third kappa shape index (κ3) is 4.94. The van der Waals surface area contributed by atoms with Gasteiger partial charge in [0.1, 0.15) is 0 Å². The van der Waals surface area contributed by atoms with Crippen LogP contribution < -0.4 is 4.90 Å². The topological polar surface area (TPSA) is 13.1 Å². The summed E-state index contributed by atoms with van der Waals surface area (Å²) in [4.78, 5) is 2.56. The maximum Gasteiger partial charge on any atom is 0.0547 e. The predicted octanol–water partition coefficient (Wildman–Crippen LogP) is 15.7. The Morgan fingerprint density at radius 2 is 0.758 bits per heavy atom. The monoisotopic (exact) mass is 793 g/mol. The molecule has 1 aliphatic carbocycles. The SMILES string of the molecule is CC1(C)CCN(c2ccccc2)c2cc3c(cc21)-c1ccccc1-c1cccc(-n2c4ccccc4c4ccccc42)c1-c1c-3cccc1-n1c2ccccc2c2ccccc21. The lowest BCUT2D eigenvalue weighted by molar-refractivity contribution is 0.467. The van der Waals surface area contributed by atoms with E-state index in [4.69, 9.17) is 0 Å². The van der Waals surface area contributed by atoms with Crippen LogP contribution in [0.3, 0.4) is 0 Å². The molecule has 0 amide bonds. The van der Waals surface area contributed by atoms with Crippen LogP contribution in [0.5, 0.6) is 0 Å². The van der Waals surface area contributed by atoms with Gasteiger partial charge in [0.2, 0.25) is 0 Å². The first-order valence-electron chi connectivity index (χ1n) is 21.9. The Kier molecular flexibility index (Phi) is 7.48. The van der Waals surface area contributed by atoms with Crippen LogP contribution in [0.1, 0.15) is 25.8 Å². The van der Waals surface area contributed by atoms with Crippen molar-refractivity contribution in [1.82, 2.24) is 9.13 Å². The van der Waals surface area contributed by atoms with Crippen molar-refractivity contribution in [3.63, 3.8) is 0 Å². The van der Waals surface area contributed by atoms with E-state index in [1.165, 1.54) is 105 Å². The Bertz CT molecular complexity index is 3510. The summed E-state index contributed by atoms with van der Waals surface area (Å²) in [6, 6.07) is 74.8. The van der Waals surface area contributed by atoms with Gasteiger partial charge in [0.05, 0.1) is 33.4 Å². The number of hydrogen-bond donors (Lipinski definition) is 0. The molecule has 0 spiro atoms. The minimum Gasteiger partial charge on any atom is -0.341 e. The second-order valence-electron chi connectivity index (χ2n) is 17.7. The third-order valence-corrected chi connectivity index (χ3v) is 14.0. The van der Waals surface area contributed by atoms with Gasteiger partial charge in [0, 0.05) is 50.6 Å². The van der Waals surface area contributed by atoms with Gasteiger partial charge in [-0.2, -0.15) is 0 Å². The van der Waals surface area contributed by atoms with Gasteiger partial charge in [0.15, 0.2) is 0 Å². The highest BCUT2D eigenvalue weighted by Crippen LogP contribution is 2.56. The Hall–Kier alpha value is -7.62. The summed E-state index contributed by atoms with van der Waals surface area (Å²) in [5.41, 5.74) is 20.9. The minimum atomic E-state index is -0.0117. The van der Waals surface area contributed by atoms with Gasteiger partial charge in [-0.25, -0.2) is 0 Å². The Morgan fingerprint density at radius 1 is 0.355 bits per heavy atom. The zero-order valence-electron chi connectivity index (χ0n) is 34.8. The van der Waals surface area contributed by atoms with Crippen LogP contribution in [-0.4, -0.2) is 15.7 Å². The van der Waals surface area contributed by atoms with Crippen molar-refractivity contribution < 1.29 is 0 Å². The molecule has 294 valence electrons. The highest BCUT2D eigenvalue weighted by molar-refractivity contribution is 6.15. The first kappa shape index (κ1) is 35.2. The van der Waals surface area contributed by atoms with Crippen molar-refractivity contribution in [3.05, 3.63) is 206 Å². The number of aromatic nitrogens is 2. The summed E-state index contributed by atoms with van der Waals surface area (Å²) >= 11 is 0. The molecule has 9 aromatic carbocycles. The van der Waals surface area contributed by atoms with E-state index in [0.717, 1.165) is 24.3 Å². The van der Waals surface area contributed by atoms with Crippen LogP contribution in [-0.2, 0) is 5.41 Å². The maximum atomic E-state index is 2.56. The fraction of sp³-hybridized carbons (Fsp3) is 0.0847. The van der Waals surface area contributed by atoms with Gasteiger partial charge in [-0.1, -0.05) is 153 Å². The molecule has 2 aromatic heterocycles. The Balaban J connectivity index is 1.24. The highest BCUT2D eigenvalue weighted by atomic mass is 15.1. The van der Waals surface area contributed by atoms with Gasteiger partial charge in [-0.15, -0.1) is 0 Å². The van der Waals surface area contributed by atoms with E-state index >= 15 is 0 Å². The second-order valence-corrected chi connectivity index (χ2v) is 17.7. The first-order chi connectivity index (χ1) is 30.5. The number of fused-ring (bicyclic) bond motifs is 15. The van der Waals surface area contributed by atoms with E-state index < -0.39 is 0 Å². The molecule has 3 nitrogen and oxygen atoms in total. The summed E-state index contributed by atoms with van der Waals surface area (Å²) in [5, 5.41) is 5.01. The molecule has 0 radical (unpaired) electrons. The van der Waals surface area contributed by atoms with Crippen LogP contribution >= 0.6 is 0 Å². The predicted molar refractivity (Wildman–Crippen MR) is 262 cm³/mol. The van der Waals surface area contributed by atoms with E-state index in [-0.39, 0.29) is 5.41 Å². The van der Waals surface area contributed by atoms with E-state index in [1.807, 2.05) is 0 Å². The quantitative estimate of drug-likeness (QED) is 0.174. The molecule has 3 heterocycles. The van der Waals surface area contributed by atoms with Gasteiger partial charge in [-0.05, 0) is 111 Å². The highest BCUT2D eigenvalue weighted by Gasteiger charge is 2.36. The summed E-state index contributed by atoms with van der Waals surface area (Å²) in [7, 11) is 0. The summed E-state index contributed by atoms with van der Waals surface area (Å²) in [5.74, 6) is 0. The lowest BCUT2D eigenvalue weighted by Crippen LogP contribution is -2.34. The van der Waals surface area contributed by atoms with E-state index in [1.54, 1.807) is 0 Å². The molecule has 0 saturated carbocycles. The van der Waals surface area contributed by atoms with Crippen molar-refractivity contribution in [2.24, 2.45) is 0 Å². The van der Waals surface area contributed by atoms with Crippen LogP contribution in [0.2, 0.25) is 0 Å². The zero-order valence-corrected chi connectivity index (χ0v) is 34.8. The summed E-state index contributed by atoms with van der Waals surface area (Å²) in [6.45, 7) is 5.81. The van der Waals surface area contributed by atoms with Gasteiger partial charge in [0.25, 0.3) is 0 Å². The molecule has 1 aliphatic heterocycles. The fourth-order valence-electron chi connectivity index (χ4n) is 11.1. The number of rotatable bonds is 3. The average Bonchev–Trinajstić information content (AvgIpc) is 3.84. The number of anilines is 2. The lowest BCUT2D eigenvalue weighted by atomic mass is 9.73. The van der Waals surface area contributed by atoms with Crippen molar-refractivity contribution in [1.29, 1.82) is 0 Å². The normalized spacial score (nSPS) is 13.9. The molecular formula is C59H43N3. The number of para-hydroxylation sites is 5. The number of nitrogens with zero attached hydrogens (tertiary/aromatic N) is 3. The molecule has 62 heavy (non-hydrogen) atoms. The molecule has 0 saturated heterocycles. The molecule has 2 aliphatic rings. The standard InChI is InChI=1S/C59H43N3/c1-59(2)34-35-60(38-18-4-3-5-19-38)56-37-48-46-27-17-33-55(62-52-30-14-10-24-43(52)44-25-11-15-31-53(44)62)58(46)57-45(39-20-6-7-21-40(39)47(48)36-49(56)59)26-16-32-54(57)61-50-28-12-8-22-41(50)42-23-9-13-29-51(42)61/h3-33,36-37H,34-35H2,1-2H3. The third-order valence-electron chi connectivity index (χ3n) is 14.0. The molecule has 0 atom stereocenters. The molecule has 0 bridgehead atoms. The largest absolute Gasteiger partial charge is 0.341 e. The van der Waals surface area contributed by atoms with Crippen LogP contribution in [0.4, 0.5) is 11.4 Å². The summed E-state index contributed by atoms with van der Waals surface area (Å²) in [6.07, 6.45) is 1.06. The fourth-order valence-corrected chi connectivity index (χ4v) is 11.1. The molecule has 13 rings (SSSR count). The minimum absolute atomic E-state index is 0.0117.